The van der Waals surface area contributed by atoms with Gasteiger partial charge in [0.2, 0.25) is 0 Å². The Kier molecular flexibility index (Phi) is 3.56. The molecule has 0 saturated carbocycles. The van der Waals surface area contributed by atoms with E-state index in [2.05, 4.69) is 36.8 Å². The van der Waals surface area contributed by atoms with Crippen LogP contribution in [0.25, 0.3) is 0 Å². The lowest BCUT2D eigenvalue weighted by atomic mass is 10.2. The van der Waals surface area contributed by atoms with E-state index in [1.807, 2.05) is 13.8 Å². The molecule has 0 radical (unpaired) electrons. The molecule has 0 spiro atoms. The summed E-state index contributed by atoms with van der Waals surface area (Å²) in [6.45, 7) is 3.92. The molecule has 0 saturated heterocycles. The molecule has 0 aliphatic heterocycles. The Bertz CT molecular complexity index is 299. The minimum atomic E-state index is 0.0734. The normalized spacial score (nSPS) is 10.8. The van der Waals surface area contributed by atoms with Crippen LogP contribution in [0.15, 0.2) is 6.20 Å². The topological polar surface area (TPSA) is 12.9 Å². The van der Waals surface area contributed by atoms with Crippen molar-refractivity contribution in [1.29, 1.82) is 0 Å². The summed E-state index contributed by atoms with van der Waals surface area (Å²) < 4.78 is 0.0734. The van der Waals surface area contributed by atoms with Crippen molar-refractivity contribution in [3.05, 3.63) is 28.0 Å². The molecule has 1 rings (SSSR count). The second-order valence-electron chi connectivity index (χ2n) is 2.54. The minimum Gasteiger partial charge on any atom is -0.261 e. The predicted octanol–water partition coefficient (Wildman–Crippen LogP) is 4.14. The highest BCUT2D eigenvalue weighted by atomic mass is 79.9. The van der Waals surface area contributed by atoms with E-state index in [0.717, 1.165) is 21.8 Å². The van der Waals surface area contributed by atoms with Crippen molar-refractivity contribution in [3.63, 3.8) is 0 Å². The highest BCUT2D eigenvalue weighted by molar-refractivity contribution is 9.24. The van der Waals surface area contributed by atoms with E-state index in [0.29, 0.717) is 0 Å². The van der Waals surface area contributed by atoms with E-state index >= 15 is 0 Å². The third-order valence-electron chi connectivity index (χ3n) is 1.76. The molecule has 0 aliphatic carbocycles. The van der Waals surface area contributed by atoms with E-state index in [9.17, 15) is 0 Å². The van der Waals surface area contributed by atoms with Gasteiger partial charge >= 0.3 is 0 Å². The van der Waals surface area contributed by atoms with Crippen LogP contribution >= 0.6 is 43.5 Å². The number of halogens is 3. The fraction of sp³-hybridized carbons (Fsp3) is 0.375. The van der Waals surface area contributed by atoms with Crippen molar-refractivity contribution in [2.45, 2.75) is 17.6 Å². The lowest BCUT2D eigenvalue weighted by molar-refractivity contribution is 1.12. The van der Waals surface area contributed by atoms with Crippen molar-refractivity contribution in [3.8, 4) is 0 Å². The smallest absolute Gasteiger partial charge is 0.0975 e. The fourth-order valence-electron chi connectivity index (χ4n) is 0.847. The van der Waals surface area contributed by atoms with Crippen LogP contribution < -0.4 is 0 Å². The second kappa shape index (κ2) is 4.07. The SMILES string of the molecule is Cc1ncc(C(Br)Br)c(Cl)c1C. The maximum atomic E-state index is 6.09. The second-order valence-corrected chi connectivity index (χ2v) is 5.98. The first-order valence-electron chi connectivity index (χ1n) is 3.43. The van der Waals surface area contributed by atoms with Gasteiger partial charge in [-0.25, -0.2) is 0 Å². The monoisotopic (exact) mass is 311 g/mol. The first-order valence-corrected chi connectivity index (χ1v) is 5.64. The zero-order chi connectivity index (χ0) is 9.30. The van der Waals surface area contributed by atoms with E-state index in [1.165, 1.54) is 0 Å². The van der Waals surface area contributed by atoms with E-state index in [1.54, 1.807) is 6.20 Å². The Labute approximate surface area is 93.8 Å². The first kappa shape index (κ1) is 10.5. The molecule has 12 heavy (non-hydrogen) atoms. The summed E-state index contributed by atoms with van der Waals surface area (Å²) in [5, 5.41) is 0.779. The summed E-state index contributed by atoms with van der Waals surface area (Å²) >= 11 is 12.9. The summed E-state index contributed by atoms with van der Waals surface area (Å²) in [4.78, 5) is 4.22. The Balaban J connectivity index is 3.27. The summed E-state index contributed by atoms with van der Waals surface area (Å²) in [7, 11) is 0. The average Bonchev–Trinajstić information content (AvgIpc) is 2.00. The molecule has 1 aromatic heterocycles. The Morgan fingerprint density at radius 1 is 1.42 bits per heavy atom. The predicted molar refractivity (Wildman–Crippen MR) is 59.3 cm³/mol. The molecule has 4 heteroatoms. The molecular formula is C8H8Br2ClN. The summed E-state index contributed by atoms with van der Waals surface area (Å²) in [6, 6.07) is 0. The van der Waals surface area contributed by atoms with Crippen LogP contribution in [0.1, 0.15) is 20.6 Å². The maximum Gasteiger partial charge on any atom is 0.0975 e. The summed E-state index contributed by atoms with van der Waals surface area (Å²) in [5.41, 5.74) is 2.99. The molecule has 0 aliphatic rings. The van der Waals surface area contributed by atoms with Crippen molar-refractivity contribution in [1.82, 2.24) is 4.98 Å². The lowest BCUT2D eigenvalue weighted by Crippen LogP contribution is -1.93. The van der Waals surface area contributed by atoms with E-state index in [4.69, 9.17) is 11.6 Å². The Morgan fingerprint density at radius 2 is 2.00 bits per heavy atom. The molecule has 1 nitrogen and oxygen atoms in total. The number of alkyl halides is 2. The Morgan fingerprint density at radius 3 is 2.50 bits per heavy atom. The number of rotatable bonds is 1. The highest BCUT2D eigenvalue weighted by Gasteiger charge is 2.11. The van der Waals surface area contributed by atoms with Gasteiger partial charge in [0, 0.05) is 17.5 Å². The van der Waals surface area contributed by atoms with Gasteiger partial charge in [-0.2, -0.15) is 0 Å². The summed E-state index contributed by atoms with van der Waals surface area (Å²) in [6.07, 6.45) is 1.78. The molecule has 0 amide bonds. The van der Waals surface area contributed by atoms with Crippen LogP contribution in [-0.2, 0) is 0 Å². The van der Waals surface area contributed by atoms with Crippen molar-refractivity contribution in [2.75, 3.05) is 0 Å². The van der Waals surface area contributed by atoms with Gasteiger partial charge in [-0.05, 0) is 19.4 Å². The van der Waals surface area contributed by atoms with Crippen molar-refractivity contribution >= 4 is 43.5 Å². The third-order valence-corrected chi connectivity index (χ3v) is 3.25. The van der Waals surface area contributed by atoms with Crippen LogP contribution in [0, 0.1) is 13.8 Å². The minimum absolute atomic E-state index is 0.0734. The van der Waals surface area contributed by atoms with Gasteiger partial charge in [-0.1, -0.05) is 43.5 Å². The van der Waals surface area contributed by atoms with Crippen molar-refractivity contribution in [2.24, 2.45) is 0 Å². The van der Waals surface area contributed by atoms with Gasteiger partial charge in [-0.15, -0.1) is 0 Å². The molecule has 1 aromatic rings. The quantitative estimate of drug-likeness (QED) is 0.710. The van der Waals surface area contributed by atoms with E-state index in [-0.39, 0.29) is 3.74 Å². The number of hydrogen-bond donors (Lipinski definition) is 0. The number of aryl methyl sites for hydroxylation is 1. The van der Waals surface area contributed by atoms with Gasteiger partial charge in [-0.3, -0.25) is 4.98 Å². The van der Waals surface area contributed by atoms with Crippen LogP contribution in [0.4, 0.5) is 0 Å². The number of nitrogens with zero attached hydrogens (tertiary/aromatic N) is 1. The first-order chi connectivity index (χ1) is 5.54. The molecule has 0 atom stereocenters. The molecule has 0 bridgehead atoms. The zero-order valence-corrected chi connectivity index (χ0v) is 10.7. The standard InChI is InChI=1S/C8H8Br2ClN/c1-4-5(2)12-3-6(7(4)11)8(9)10/h3,8H,1-2H3. The van der Waals surface area contributed by atoms with Crippen LogP contribution in [0.5, 0.6) is 0 Å². The molecular weight excluding hydrogens is 305 g/mol. The third kappa shape index (κ3) is 2.01. The summed E-state index contributed by atoms with van der Waals surface area (Å²) in [5.74, 6) is 0. The van der Waals surface area contributed by atoms with Crippen LogP contribution in [-0.4, -0.2) is 4.98 Å². The van der Waals surface area contributed by atoms with E-state index < -0.39 is 0 Å². The largest absolute Gasteiger partial charge is 0.261 e. The van der Waals surface area contributed by atoms with Gasteiger partial charge < -0.3 is 0 Å². The van der Waals surface area contributed by atoms with Gasteiger partial charge in [0.1, 0.15) is 0 Å². The number of aromatic nitrogens is 1. The highest BCUT2D eigenvalue weighted by Crippen LogP contribution is 2.35. The van der Waals surface area contributed by atoms with Gasteiger partial charge in [0.15, 0.2) is 0 Å². The molecule has 66 valence electrons. The number of pyridine rings is 1. The Hall–Kier alpha value is 0.400. The van der Waals surface area contributed by atoms with Gasteiger partial charge in [0.25, 0.3) is 0 Å². The maximum absolute atomic E-state index is 6.09. The molecule has 0 N–H and O–H groups in total. The zero-order valence-electron chi connectivity index (χ0n) is 6.74. The molecule has 1 heterocycles. The molecule has 0 aromatic carbocycles. The molecule has 0 unspecified atom stereocenters. The van der Waals surface area contributed by atoms with Crippen molar-refractivity contribution < 1.29 is 0 Å². The fourth-order valence-corrected chi connectivity index (χ4v) is 2.10. The molecule has 0 fully saturated rings. The van der Waals surface area contributed by atoms with Crippen LogP contribution in [0.2, 0.25) is 5.02 Å². The van der Waals surface area contributed by atoms with Gasteiger partial charge in [0.05, 0.1) is 8.76 Å². The lowest BCUT2D eigenvalue weighted by Gasteiger charge is -2.08. The average molecular weight is 313 g/mol. The van der Waals surface area contributed by atoms with Crippen LogP contribution in [0.3, 0.4) is 0 Å². The number of hydrogen-bond acceptors (Lipinski definition) is 1.